The van der Waals surface area contributed by atoms with Crippen molar-refractivity contribution in [2.45, 2.75) is 18.3 Å². The first-order valence-corrected chi connectivity index (χ1v) is 9.61. The Morgan fingerprint density at radius 2 is 1.96 bits per heavy atom. The summed E-state index contributed by atoms with van der Waals surface area (Å²) >= 11 is 9.42. The number of halogens is 2. The molecule has 1 fully saturated rings. The van der Waals surface area contributed by atoms with Gasteiger partial charge in [0, 0.05) is 14.9 Å². The van der Waals surface area contributed by atoms with E-state index in [1.807, 2.05) is 36.4 Å². The summed E-state index contributed by atoms with van der Waals surface area (Å²) in [6, 6.07) is 15.3. The van der Waals surface area contributed by atoms with Gasteiger partial charge in [0.25, 0.3) is 5.56 Å². The molecule has 2 aromatic heterocycles. The third-order valence-electron chi connectivity index (χ3n) is 5.25. The molecule has 0 aliphatic heterocycles. The molecule has 0 bridgehead atoms. The predicted molar refractivity (Wildman–Crippen MR) is 107 cm³/mol. The van der Waals surface area contributed by atoms with Crippen molar-refractivity contribution in [1.82, 2.24) is 14.6 Å². The van der Waals surface area contributed by atoms with Gasteiger partial charge >= 0.3 is 0 Å². The minimum absolute atomic E-state index is 0.241. The summed E-state index contributed by atoms with van der Waals surface area (Å²) < 4.78 is 2.13. The highest BCUT2D eigenvalue weighted by Gasteiger charge is 2.50. The van der Waals surface area contributed by atoms with Gasteiger partial charge in [-0.1, -0.05) is 39.7 Å². The quantitative estimate of drug-likeness (QED) is 0.498. The zero-order valence-electron chi connectivity index (χ0n) is 14.0. The molecule has 27 heavy (non-hydrogen) atoms. The highest BCUT2D eigenvalue weighted by atomic mass is 79.9. The summed E-state index contributed by atoms with van der Waals surface area (Å²) in [4.78, 5) is 16.2. The van der Waals surface area contributed by atoms with Crippen molar-refractivity contribution in [3.05, 3.63) is 79.1 Å². The van der Waals surface area contributed by atoms with E-state index in [-0.39, 0.29) is 11.0 Å². The fourth-order valence-corrected chi connectivity index (χ4v) is 4.21. The molecule has 4 aromatic rings. The summed E-state index contributed by atoms with van der Waals surface area (Å²) in [6.07, 6.45) is 1.76. The molecule has 0 atom stereocenters. The van der Waals surface area contributed by atoms with Crippen LogP contribution in [0.2, 0.25) is 5.02 Å². The average molecular weight is 440 g/mol. The van der Waals surface area contributed by atoms with E-state index >= 15 is 0 Å². The van der Waals surface area contributed by atoms with Gasteiger partial charge in [0.05, 0.1) is 16.6 Å². The van der Waals surface area contributed by atoms with Crippen LogP contribution in [0, 0.1) is 11.3 Å². The van der Waals surface area contributed by atoms with Gasteiger partial charge in [0.2, 0.25) is 0 Å². The third kappa shape index (κ3) is 2.35. The van der Waals surface area contributed by atoms with Crippen LogP contribution >= 0.6 is 27.5 Å². The van der Waals surface area contributed by atoms with Crippen LogP contribution in [0.25, 0.3) is 16.6 Å². The summed E-state index contributed by atoms with van der Waals surface area (Å²) in [6.45, 7) is 0. The molecule has 0 saturated heterocycles. The maximum Gasteiger partial charge on any atom is 0.282 e. The number of aromatic nitrogens is 3. The maximum atomic E-state index is 13.0. The van der Waals surface area contributed by atoms with Crippen LogP contribution in [0.4, 0.5) is 0 Å². The van der Waals surface area contributed by atoms with Gasteiger partial charge in [-0.3, -0.25) is 4.79 Å². The van der Waals surface area contributed by atoms with Crippen LogP contribution in [0.5, 0.6) is 0 Å². The monoisotopic (exact) mass is 438 g/mol. The number of fused-ring (bicyclic) bond motifs is 2. The van der Waals surface area contributed by atoms with E-state index in [0.29, 0.717) is 32.8 Å². The van der Waals surface area contributed by atoms with Crippen LogP contribution in [0.1, 0.15) is 29.7 Å². The minimum atomic E-state index is -0.339. The number of aromatic amines is 1. The van der Waals surface area contributed by atoms with Crippen molar-refractivity contribution in [3.8, 4) is 6.07 Å². The van der Waals surface area contributed by atoms with Gasteiger partial charge in [-0.15, -0.1) is 0 Å². The number of nitrogens with one attached hydrogen (secondary N) is 1. The van der Waals surface area contributed by atoms with Crippen molar-refractivity contribution in [1.29, 1.82) is 5.26 Å². The first-order valence-electron chi connectivity index (χ1n) is 8.44. The number of H-pyrrole nitrogens is 1. The molecule has 2 heterocycles. The molecule has 0 amide bonds. The Balaban J connectivity index is 1.82. The standard InChI is InChI=1S/C20H12BrClN4O/c21-12-3-6-16-14(9-12)19(27)26-18(24-16)15(10-23)17(25-26)20(7-8-20)11-1-4-13(22)5-2-11/h1-6,9,24H,7-8H2. The molecule has 5 rings (SSSR count). The second-order valence-corrected chi connectivity index (χ2v) is 8.16. The number of rotatable bonds is 2. The smallest absolute Gasteiger partial charge is 0.282 e. The van der Waals surface area contributed by atoms with Gasteiger partial charge < -0.3 is 4.98 Å². The lowest BCUT2D eigenvalue weighted by atomic mass is 9.90. The fourth-order valence-electron chi connectivity index (χ4n) is 3.72. The van der Waals surface area contributed by atoms with Gasteiger partial charge in [0.15, 0.2) is 5.65 Å². The summed E-state index contributed by atoms with van der Waals surface area (Å²) in [5, 5.41) is 15.6. The Morgan fingerprint density at radius 3 is 2.63 bits per heavy atom. The molecule has 1 saturated carbocycles. The minimum Gasteiger partial charge on any atom is -0.338 e. The Hall–Kier alpha value is -2.62. The van der Waals surface area contributed by atoms with E-state index in [0.717, 1.165) is 22.9 Å². The average Bonchev–Trinajstić information content (AvgIpc) is 3.38. The zero-order valence-corrected chi connectivity index (χ0v) is 16.3. The second kappa shape index (κ2) is 5.69. The third-order valence-corrected chi connectivity index (χ3v) is 6.00. The molecule has 7 heteroatoms. The highest BCUT2D eigenvalue weighted by molar-refractivity contribution is 9.10. The molecule has 5 nitrogen and oxygen atoms in total. The summed E-state index contributed by atoms with van der Waals surface area (Å²) in [5.41, 5.74) is 2.66. The molecule has 0 spiro atoms. The van der Waals surface area contributed by atoms with E-state index in [1.54, 1.807) is 6.07 Å². The van der Waals surface area contributed by atoms with Crippen LogP contribution < -0.4 is 5.56 Å². The lowest BCUT2D eigenvalue weighted by Gasteiger charge is -2.13. The molecule has 1 aliphatic carbocycles. The lowest BCUT2D eigenvalue weighted by molar-refractivity contribution is 0.762. The molecule has 132 valence electrons. The normalized spacial score (nSPS) is 15.1. The summed E-state index contributed by atoms with van der Waals surface area (Å²) in [5.74, 6) is 0. The summed E-state index contributed by atoms with van der Waals surface area (Å²) in [7, 11) is 0. The lowest BCUT2D eigenvalue weighted by Crippen LogP contribution is -2.16. The molecule has 2 aromatic carbocycles. The van der Waals surface area contributed by atoms with Crippen LogP contribution in [0.15, 0.2) is 51.7 Å². The van der Waals surface area contributed by atoms with Crippen molar-refractivity contribution in [2.24, 2.45) is 0 Å². The predicted octanol–water partition coefficient (Wildman–Crippen LogP) is 4.54. The highest BCUT2D eigenvalue weighted by Crippen LogP contribution is 2.54. The number of hydrogen-bond acceptors (Lipinski definition) is 3. The first kappa shape index (κ1) is 16.5. The van der Waals surface area contributed by atoms with Gasteiger partial charge in [-0.2, -0.15) is 14.9 Å². The van der Waals surface area contributed by atoms with E-state index < -0.39 is 0 Å². The SMILES string of the molecule is N#Cc1c(C2(c3ccc(Cl)cc3)CC2)nn2c(=O)c3cc(Br)ccc3[nH]c12. The van der Waals surface area contributed by atoms with Gasteiger partial charge in [-0.25, -0.2) is 0 Å². The van der Waals surface area contributed by atoms with Crippen molar-refractivity contribution in [2.75, 3.05) is 0 Å². The fraction of sp³-hybridized carbons (Fsp3) is 0.150. The van der Waals surface area contributed by atoms with E-state index in [9.17, 15) is 10.1 Å². The van der Waals surface area contributed by atoms with E-state index in [4.69, 9.17) is 11.6 Å². The number of nitriles is 1. The van der Waals surface area contributed by atoms with Crippen LogP contribution in [-0.4, -0.2) is 14.6 Å². The van der Waals surface area contributed by atoms with Crippen molar-refractivity contribution in [3.63, 3.8) is 0 Å². The topological polar surface area (TPSA) is 74.0 Å². The molecule has 0 radical (unpaired) electrons. The van der Waals surface area contributed by atoms with Gasteiger partial charge in [-0.05, 0) is 48.7 Å². The molecule has 1 N–H and O–H groups in total. The van der Waals surface area contributed by atoms with Crippen molar-refractivity contribution >= 4 is 44.1 Å². The van der Waals surface area contributed by atoms with Gasteiger partial charge in [0.1, 0.15) is 11.6 Å². The largest absolute Gasteiger partial charge is 0.338 e. The Morgan fingerprint density at radius 1 is 1.22 bits per heavy atom. The number of nitrogens with zero attached hydrogens (tertiary/aromatic N) is 3. The molecular formula is C20H12BrClN4O. The van der Waals surface area contributed by atoms with E-state index in [2.05, 4.69) is 32.1 Å². The van der Waals surface area contributed by atoms with Crippen LogP contribution in [0.3, 0.4) is 0 Å². The molecule has 1 aliphatic rings. The van der Waals surface area contributed by atoms with Crippen molar-refractivity contribution < 1.29 is 0 Å². The number of benzene rings is 2. The zero-order chi connectivity index (χ0) is 18.8. The molecular weight excluding hydrogens is 428 g/mol. The molecule has 0 unspecified atom stereocenters. The Kier molecular flexibility index (Phi) is 3.48. The van der Waals surface area contributed by atoms with E-state index in [1.165, 1.54) is 4.52 Å². The Labute approximate surface area is 167 Å². The maximum absolute atomic E-state index is 13.0. The second-order valence-electron chi connectivity index (χ2n) is 6.80. The Bertz CT molecular complexity index is 1330. The first-order chi connectivity index (χ1) is 13.0. The number of hydrogen-bond donors (Lipinski definition) is 1. The van der Waals surface area contributed by atoms with Crippen LogP contribution in [-0.2, 0) is 5.41 Å².